The minimum absolute atomic E-state index is 0.101. The Labute approximate surface area is 176 Å². The van der Waals surface area contributed by atoms with Crippen molar-refractivity contribution in [3.05, 3.63) is 59.7 Å². The summed E-state index contributed by atoms with van der Waals surface area (Å²) in [7, 11) is 7.26. The number of nitrogens with zero attached hydrogens (tertiary/aromatic N) is 2. The van der Waals surface area contributed by atoms with Gasteiger partial charge in [0, 0.05) is 31.7 Å². The smallest absolute Gasteiger partial charge is 0.387 e. The summed E-state index contributed by atoms with van der Waals surface area (Å²) in [6.07, 6.45) is 0.889. The van der Waals surface area contributed by atoms with Crippen molar-refractivity contribution < 1.29 is 18.3 Å². The van der Waals surface area contributed by atoms with E-state index in [2.05, 4.69) is 37.4 Å². The van der Waals surface area contributed by atoms with Crippen molar-refractivity contribution in [2.24, 2.45) is 4.99 Å². The largest absolute Gasteiger partial charge is 0.497 e. The molecule has 2 aromatic carbocycles. The summed E-state index contributed by atoms with van der Waals surface area (Å²) >= 11 is 0. The summed E-state index contributed by atoms with van der Waals surface area (Å²) < 4.78 is 35.2. The number of alkyl halides is 2. The summed E-state index contributed by atoms with van der Waals surface area (Å²) in [6.45, 7) is -1.97. The molecule has 0 aliphatic carbocycles. The van der Waals surface area contributed by atoms with Crippen LogP contribution in [-0.4, -0.2) is 58.3 Å². The van der Waals surface area contributed by atoms with Gasteiger partial charge < -0.3 is 25.0 Å². The highest BCUT2D eigenvalue weighted by atomic mass is 19.3. The van der Waals surface area contributed by atoms with Crippen LogP contribution in [0.3, 0.4) is 0 Å². The van der Waals surface area contributed by atoms with Crippen molar-refractivity contribution in [1.82, 2.24) is 15.5 Å². The molecule has 0 aliphatic rings. The Morgan fingerprint density at radius 1 is 1.10 bits per heavy atom. The van der Waals surface area contributed by atoms with E-state index in [4.69, 9.17) is 4.74 Å². The van der Waals surface area contributed by atoms with Gasteiger partial charge >= 0.3 is 6.61 Å². The highest BCUT2D eigenvalue weighted by molar-refractivity contribution is 5.79. The quantitative estimate of drug-likeness (QED) is 0.457. The van der Waals surface area contributed by atoms with Gasteiger partial charge in [-0.3, -0.25) is 4.99 Å². The van der Waals surface area contributed by atoms with Gasteiger partial charge in [-0.05, 0) is 44.3 Å². The van der Waals surface area contributed by atoms with Crippen LogP contribution in [-0.2, 0) is 13.0 Å². The molecule has 0 aliphatic heterocycles. The number of nitrogens with one attached hydrogen (secondary N) is 2. The van der Waals surface area contributed by atoms with Gasteiger partial charge in [-0.1, -0.05) is 30.3 Å². The fourth-order valence-electron chi connectivity index (χ4n) is 2.97. The summed E-state index contributed by atoms with van der Waals surface area (Å²) in [4.78, 5) is 6.39. The SMILES string of the molecule is CN=C(NCc1cc(OC)ccc1OC(F)F)NCC(Cc1ccccc1)N(C)C. The highest BCUT2D eigenvalue weighted by Gasteiger charge is 2.14. The number of rotatable bonds is 10. The van der Waals surface area contributed by atoms with E-state index in [1.54, 1.807) is 19.2 Å². The maximum Gasteiger partial charge on any atom is 0.387 e. The molecule has 0 saturated heterocycles. The second-order valence-corrected chi connectivity index (χ2v) is 6.97. The summed E-state index contributed by atoms with van der Waals surface area (Å²) in [6, 6.07) is 15.2. The van der Waals surface area contributed by atoms with E-state index < -0.39 is 6.61 Å². The van der Waals surface area contributed by atoms with Crippen molar-refractivity contribution in [1.29, 1.82) is 0 Å². The van der Waals surface area contributed by atoms with Gasteiger partial charge in [0.1, 0.15) is 11.5 Å². The Morgan fingerprint density at radius 2 is 1.83 bits per heavy atom. The standard InChI is InChI=1S/C22H30F2N4O2/c1-25-22(27-15-18(28(2)3)12-16-8-6-5-7-9-16)26-14-17-13-19(29-4)10-11-20(17)30-21(23)24/h5-11,13,18,21H,12,14-15H2,1-4H3,(H2,25,26,27). The van der Waals surface area contributed by atoms with Crippen LogP contribution in [0.4, 0.5) is 8.78 Å². The van der Waals surface area contributed by atoms with Crippen LogP contribution in [0.15, 0.2) is 53.5 Å². The predicted octanol–water partition coefficient (Wildman–Crippen LogP) is 3.13. The molecule has 1 atom stereocenters. The molecule has 0 aromatic heterocycles. The number of aliphatic imine (C=N–C) groups is 1. The lowest BCUT2D eigenvalue weighted by Gasteiger charge is -2.26. The molecule has 0 spiro atoms. The Kier molecular flexibility index (Phi) is 9.34. The summed E-state index contributed by atoms with van der Waals surface area (Å²) in [5, 5.41) is 6.46. The average Bonchev–Trinajstić information content (AvgIpc) is 2.74. The van der Waals surface area contributed by atoms with Crippen LogP contribution in [0, 0.1) is 0 Å². The van der Waals surface area contributed by atoms with E-state index in [1.165, 1.54) is 18.7 Å². The van der Waals surface area contributed by atoms with E-state index in [0.717, 1.165) is 6.42 Å². The Bertz CT molecular complexity index is 801. The van der Waals surface area contributed by atoms with Gasteiger partial charge in [-0.25, -0.2) is 0 Å². The predicted molar refractivity (Wildman–Crippen MR) is 115 cm³/mol. The molecule has 2 aromatic rings. The van der Waals surface area contributed by atoms with Crippen LogP contribution < -0.4 is 20.1 Å². The van der Waals surface area contributed by atoms with E-state index in [-0.39, 0.29) is 18.3 Å². The first-order chi connectivity index (χ1) is 14.4. The molecule has 0 fully saturated rings. The highest BCUT2D eigenvalue weighted by Crippen LogP contribution is 2.25. The molecule has 2 N–H and O–H groups in total. The third-order valence-corrected chi connectivity index (χ3v) is 4.70. The minimum atomic E-state index is -2.89. The number of hydrogen-bond acceptors (Lipinski definition) is 4. The number of hydrogen-bond donors (Lipinski definition) is 2. The normalized spacial score (nSPS) is 12.7. The first-order valence-corrected chi connectivity index (χ1v) is 9.69. The van der Waals surface area contributed by atoms with Gasteiger partial charge in [-0.15, -0.1) is 0 Å². The molecule has 0 heterocycles. The first-order valence-electron chi connectivity index (χ1n) is 9.69. The Balaban J connectivity index is 1.98. The fraction of sp³-hybridized carbons (Fsp3) is 0.409. The number of likely N-dealkylation sites (N-methyl/N-ethyl adjacent to an activating group) is 1. The van der Waals surface area contributed by atoms with E-state index in [1.807, 2.05) is 32.3 Å². The number of benzene rings is 2. The Morgan fingerprint density at radius 3 is 2.43 bits per heavy atom. The summed E-state index contributed by atoms with van der Waals surface area (Å²) in [5.41, 5.74) is 1.80. The van der Waals surface area contributed by atoms with Crippen LogP contribution >= 0.6 is 0 Å². The van der Waals surface area contributed by atoms with E-state index >= 15 is 0 Å². The number of halogens is 2. The zero-order valence-electron chi connectivity index (χ0n) is 17.9. The lowest BCUT2D eigenvalue weighted by Crippen LogP contribution is -2.45. The number of guanidine groups is 1. The topological polar surface area (TPSA) is 58.1 Å². The van der Waals surface area contributed by atoms with Crippen molar-refractivity contribution in [2.75, 3.05) is 34.8 Å². The molecule has 0 amide bonds. The van der Waals surface area contributed by atoms with Crippen molar-refractivity contribution >= 4 is 5.96 Å². The first kappa shape index (κ1) is 23.4. The van der Waals surface area contributed by atoms with Gasteiger partial charge in [0.15, 0.2) is 5.96 Å². The van der Waals surface area contributed by atoms with Gasteiger partial charge in [0.25, 0.3) is 0 Å². The molecule has 164 valence electrons. The van der Waals surface area contributed by atoms with Gasteiger partial charge in [0.2, 0.25) is 0 Å². The molecule has 8 heteroatoms. The molecule has 6 nitrogen and oxygen atoms in total. The van der Waals surface area contributed by atoms with Crippen LogP contribution in [0.1, 0.15) is 11.1 Å². The van der Waals surface area contributed by atoms with Gasteiger partial charge in [-0.2, -0.15) is 8.78 Å². The molecule has 30 heavy (non-hydrogen) atoms. The maximum absolute atomic E-state index is 12.7. The third-order valence-electron chi connectivity index (χ3n) is 4.70. The maximum atomic E-state index is 12.7. The molecular weight excluding hydrogens is 390 g/mol. The molecular formula is C22H30F2N4O2. The van der Waals surface area contributed by atoms with Gasteiger partial charge in [0.05, 0.1) is 7.11 Å². The van der Waals surface area contributed by atoms with Crippen LogP contribution in [0.5, 0.6) is 11.5 Å². The zero-order valence-corrected chi connectivity index (χ0v) is 17.9. The van der Waals surface area contributed by atoms with Crippen LogP contribution in [0.2, 0.25) is 0 Å². The summed E-state index contributed by atoms with van der Waals surface area (Å²) in [5.74, 6) is 1.23. The molecule has 0 bridgehead atoms. The molecule has 1 unspecified atom stereocenters. The molecule has 0 saturated carbocycles. The fourth-order valence-corrected chi connectivity index (χ4v) is 2.97. The zero-order chi connectivity index (χ0) is 21.9. The molecule has 2 rings (SSSR count). The van der Waals surface area contributed by atoms with Crippen molar-refractivity contribution in [3.63, 3.8) is 0 Å². The van der Waals surface area contributed by atoms with Crippen molar-refractivity contribution in [3.8, 4) is 11.5 Å². The lowest BCUT2D eigenvalue weighted by atomic mass is 10.1. The average molecular weight is 421 g/mol. The monoisotopic (exact) mass is 420 g/mol. The second kappa shape index (κ2) is 12.0. The van der Waals surface area contributed by atoms with E-state index in [0.29, 0.717) is 23.8 Å². The minimum Gasteiger partial charge on any atom is -0.497 e. The molecule has 0 radical (unpaired) electrons. The Hall–Kier alpha value is -2.87. The number of methoxy groups -OCH3 is 1. The number of ether oxygens (including phenoxy) is 2. The van der Waals surface area contributed by atoms with Crippen LogP contribution in [0.25, 0.3) is 0 Å². The lowest BCUT2D eigenvalue weighted by molar-refractivity contribution is -0.0504. The van der Waals surface area contributed by atoms with Crippen molar-refractivity contribution in [2.45, 2.75) is 25.6 Å². The third kappa shape index (κ3) is 7.51. The second-order valence-electron chi connectivity index (χ2n) is 6.97. The van der Waals surface area contributed by atoms with E-state index in [9.17, 15) is 8.78 Å².